The van der Waals surface area contributed by atoms with Crippen LogP contribution in [0.25, 0.3) is 0 Å². The number of rotatable bonds is 7. The molecule has 138 valence electrons. The van der Waals surface area contributed by atoms with Crippen LogP contribution in [0, 0.1) is 0 Å². The van der Waals surface area contributed by atoms with Gasteiger partial charge in [-0.1, -0.05) is 36.4 Å². The Kier molecular flexibility index (Phi) is 6.74. The SMILES string of the molecule is COc1cccc(NC(=O)[C@H](c2ccccc2)N(C)CC(=O)N(C)C)c1. The zero-order valence-electron chi connectivity index (χ0n) is 15.6. The van der Waals surface area contributed by atoms with E-state index < -0.39 is 6.04 Å². The van der Waals surface area contributed by atoms with Crippen molar-refractivity contribution in [2.24, 2.45) is 0 Å². The quantitative estimate of drug-likeness (QED) is 0.828. The normalized spacial score (nSPS) is 11.7. The molecule has 2 rings (SSSR count). The number of ether oxygens (including phenoxy) is 1. The molecule has 0 saturated heterocycles. The molecule has 0 fully saturated rings. The highest BCUT2D eigenvalue weighted by Gasteiger charge is 2.27. The van der Waals surface area contributed by atoms with Crippen LogP contribution in [0.2, 0.25) is 0 Å². The Morgan fingerprint density at radius 2 is 1.73 bits per heavy atom. The predicted molar refractivity (Wildman–Crippen MR) is 102 cm³/mol. The Bertz CT molecular complexity index is 747. The Labute approximate surface area is 154 Å². The Morgan fingerprint density at radius 1 is 1.04 bits per heavy atom. The Balaban J connectivity index is 2.25. The highest BCUT2D eigenvalue weighted by atomic mass is 16.5. The summed E-state index contributed by atoms with van der Waals surface area (Å²) in [5, 5.41) is 2.91. The van der Waals surface area contributed by atoms with Crippen LogP contribution in [0.15, 0.2) is 54.6 Å². The molecule has 0 aliphatic heterocycles. The van der Waals surface area contributed by atoms with Gasteiger partial charge in [0.2, 0.25) is 11.8 Å². The van der Waals surface area contributed by atoms with Gasteiger partial charge >= 0.3 is 0 Å². The summed E-state index contributed by atoms with van der Waals surface area (Å²) in [6, 6.07) is 16.0. The van der Waals surface area contributed by atoms with Crippen molar-refractivity contribution < 1.29 is 14.3 Å². The van der Waals surface area contributed by atoms with E-state index in [2.05, 4.69) is 5.32 Å². The average molecular weight is 355 g/mol. The molecule has 1 N–H and O–H groups in total. The highest BCUT2D eigenvalue weighted by Crippen LogP contribution is 2.23. The van der Waals surface area contributed by atoms with Crippen molar-refractivity contribution in [1.29, 1.82) is 0 Å². The molecule has 0 aromatic heterocycles. The number of amides is 2. The van der Waals surface area contributed by atoms with Crippen LogP contribution in [0.3, 0.4) is 0 Å². The molecule has 0 bridgehead atoms. The van der Waals surface area contributed by atoms with Gasteiger partial charge in [0, 0.05) is 25.8 Å². The van der Waals surface area contributed by atoms with Crippen LogP contribution < -0.4 is 10.1 Å². The van der Waals surface area contributed by atoms with E-state index in [1.165, 1.54) is 4.90 Å². The molecule has 2 aromatic rings. The monoisotopic (exact) mass is 355 g/mol. The van der Waals surface area contributed by atoms with Gasteiger partial charge in [-0.05, 0) is 24.7 Å². The second-order valence-electron chi connectivity index (χ2n) is 6.24. The number of likely N-dealkylation sites (N-methyl/N-ethyl adjacent to an activating group) is 2. The number of nitrogens with zero attached hydrogens (tertiary/aromatic N) is 2. The third kappa shape index (κ3) is 5.07. The maximum Gasteiger partial charge on any atom is 0.246 e. The van der Waals surface area contributed by atoms with Crippen LogP contribution in [0.4, 0.5) is 5.69 Å². The highest BCUT2D eigenvalue weighted by molar-refractivity contribution is 5.96. The summed E-state index contributed by atoms with van der Waals surface area (Å²) in [4.78, 5) is 28.3. The van der Waals surface area contributed by atoms with Crippen molar-refractivity contribution in [2.45, 2.75) is 6.04 Å². The number of methoxy groups -OCH3 is 1. The van der Waals surface area contributed by atoms with E-state index in [9.17, 15) is 9.59 Å². The molecule has 0 aliphatic carbocycles. The second-order valence-corrected chi connectivity index (χ2v) is 6.24. The standard InChI is InChI=1S/C20H25N3O3/c1-22(2)18(24)14-23(3)19(15-9-6-5-7-10-15)20(25)21-16-11-8-12-17(13-16)26-4/h5-13,19H,14H2,1-4H3,(H,21,25)/t19-/m0/s1. The van der Waals surface area contributed by atoms with E-state index in [4.69, 9.17) is 4.74 Å². The van der Waals surface area contributed by atoms with E-state index in [0.29, 0.717) is 11.4 Å². The number of nitrogens with one attached hydrogen (secondary N) is 1. The molecule has 2 amide bonds. The number of benzene rings is 2. The first kappa shape index (κ1) is 19.5. The van der Waals surface area contributed by atoms with Crippen LogP contribution in [0.5, 0.6) is 5.75 Å². The summed E-state index contributed by atoms with van der Waals surface area (Å²) in [7, 11) is 6.74. The fourth-order valence-corrected chi connectivity index (χ4v) is 2.60. The molecule has 6 heteroatoms. The van der Waals surface area contributed by atoms with Crippen LogP contribution in [0.1, 0.15) is 11.6 Å². The first-order valence-corrected chi connectivity index (χ1v) is 8.32. The summed E-state index contributed by atoms with van der Waals surface area (Å²) < 4.78 is 5.20. The molecule has 0 heterocycles. The summed E-state index contributed by atoms with van der Waals surface area (Å²) in [5.74, 6) is 0.385. The third-order valence-corrected chi connectivity index (χ3v) is 4.03. The van der Waals surface area contributed by atoms with Crippen molar-refractivity contribution in [3.63, 3.8) is 0 Å². The zero-order chi connectivity index (χ0) is 19.1. The number of carbonyl (C=O) groups is 2. The summed E-state index contributed by atoms with van der Waals surface area (Å²) in [6.07, 6.45) is 0. The van der Waals surface area contributed by atoms with E-state index in [1.54, 1.807) is 45.3 Å². The number of carbonyl (C=O) groups excluding carboxylic acids is 2. The van der Waals surface area contributed by atoms with Gasteiger partial charge in [-0.3, -0.25) is 14.5 Å². The Hall–Kier alpha value is -2.86. The van der Waals surface area contributed by atoms with Crippen molar-refractivity contribution in [1.82, 2.24) is 9.80 Å². The van der Waals surface area contributed by atoms with Crippen molar-refractivity contribution in [3.05, 3.63) is 60.2 Å². The lowest BCUT2D eigenvalue weighted by Gasteiger charge is -2.28. The molecule has 0 saturated carbocycles. The minimum Gasteiger partial charge on any atom is -0.497 e. The average Bonchev–Trinajstić information content (AvgIpc) is 2.62. The molecular formula is C20H25N3O3. The fourth-order valence-electron chi connectivity index (χ4n) is 2.60. The maximum absolute atomic E-state index is 13.0. The van der Waals surface area contributed by atoms with Gasteiger partial charge in [-0.15, -0.1) is 0 Å². The minimum atomic E-state index is -0.591. The van der Waals surface area contributed by atoms with E-state index in [-0.39, 0.29) is 18.4 Å². The molecule has 26 heavy (non-hydrogen) atoms. The first-order chi connectivity index (χ1) is 12.4. The summed E-state index contributed by atoms with van der Waals surface area (Å²) >= 11 is 0. The number of hydrogen-bond donors (Lipinski definition) is 1. The second kappa shape index (κ2) is 9.01. The lowest BCUT2D eigenvalue weighted by molar-refractivity contribution is -0.131. The van der Waals surface area contributed by atoms with Crippen LogP contribution >= 0.6 is 0 Å². The first-order valence-electron chi connectivity index (χ1n) is 8.32. The largest absolute Gasteiger partial charge is 0.497 e. The fraction of sp³-hybridized carbons (Fsp3) is 0.300. The molecule has 0 spiro atoms. The molecule has 6 nitrogen and oxygen atoms in total. The molecule has 0 unspecified atom stereocenters. The maximum atomic E-state index is 13.0. The lowest BCUT2D eigenvalue weighted by Crippen LogP contribution is -2.41. The number of hydrogen-bond acceptors (Lipinski definition) is 4. The molecule has 1 atom stereocenters. The summed E-state index contributed by atoms with van der Waals surface area (Å²) in [6.45, 7) is 0.137. The van der Waals surface area contributed by atoms with Gasteiger partial charge in [-0.2, -0.15) is 0 Å². The molecule has 2 aromatic carbocycles. The van der Waals surface area contributed by atoms with Gasteiger partial charge in [0.1, 0.15) is 11.8 Å². The predicted octanol–water partition coefficient (Wildman–Crippen LogP) is 2.40. The molecular weight excluding hydrogens is 330 g/mol. The topological polar surface area (TPSA) is 61.9 Å². The zero-order valence-corrected chi connectivity index (χ0v) is 15.6. The van der Waals surface area contributed by atoms with Crippen molar-refractivity contribution in [3.8, 4) is 5.75 Å². The van der Waals surface area contributed by atoms with Crippen molar-refractivity contribution >= 4 is 17.5 Å². The van der Waals surface area contributed by atoms with Crippen molar-refractivity contribution in [2.75, 3.05) is 40.1 Å². The van der Waals surface area contributed by atoms with Gasteiger partial charge in [0.15, 0.2) is 0 Å². The van der Waals surface area contributed by atoms with Gasteiger partial charge < -0.3 is 15.0 Å². The number of anilines is 1. The van der Waals surface area contributed by atoms with Gasteiger partial charge in [0.25, 0.3) is 0 Å². The van der Waals surface area contributed by atoms with Gasteiger partial charge in [-0.25, -0.2) is 0 Å². The Morgan fingerprint density at radius 3 is 2.35 bits per heavy atom. The minimum absolute atomic E-state index is 0.0670. The van der Waals surface area contributed by atoms with E-state index >= 15 is 0 Å². The van der Waals surface area contributed by atoms with E-state index in [0.717, 1.165) is 5.56 Å². The molecule has 0 radical (unpaired) electrons. The summed E-state index contributed by atoms with van der Waals surface area (Å²) in [5.41, 5.74) is 1.46. The van der Waals surface area contributed by atoms with Gasteiger partial charge in [0.05, 0.1) is 13.7 Å². The van der Waals surface area contributed by atoms with E-state index in [1.807, 2.05) is 42.5 Å². The molecule has 0 aliphatic rings. The smallest absolute Gasteiger partial charge is 0.246 e. The van der Waals surface area contributed by atoms with Crippen LogP contribution in [-0.2, 0) is 9.59 Å². The third-order valence-electron chi connectivity index (χ3n) is 4.03. The van der Waals surface area contributed by atoms with Crippen LogP contribution in [-0.4, -0.2) is 56.4 Å². The lowest BCUT2D eigenvalue weighted by atomic mass is 10.0.